The summed E-state index contributed by atoms with van der Waals surface area (Å²) in [5, 5.41) is 10.2. The lowest BCUT2D eigenvalue weighted by atomic mass is 10.1. The highest BCUT2D eigenvalue weighted by Crippen LogP contribution is 2.29. The Hall–Kier alpha value is -4.63. The maximum absolute atomic E-state index is 12.7. The lowest BCUT2D eigenvalue weighted by molar-refractivity contribution is 0.0951. The van der Waals surface area contributed by atoms with Gasteiger partial charge in [0.05, 0.1) is 12.8 Å². The zero-order valence-corrected chi connectivity index (χ0v) is 20.2. The lowest BCUT2D eigenvalue weighted by Gasteiger charge is -2.13. The summed E-state index contributed by atoms with van der Waals surface area (Å²) in [4.78, 5) is 25.4. The molecule has 0 aliphatic rings. The van der Waals surface area contributed by atoms with E-state index in [1.807, 2.05) is 43.3 Å². The molecule has 0 saturated heterocycles. The summed E-state index contributed by atoms with van der Waals surface area (Å²) in [6.07, 6.45) is 0. The molecule has 0 bridgehead atoms. The van der Waals surface area contributed by atoms with E-state index in [2.05, 4.69) is 16.0 Å². The first kappa shape index (κ1) is 23.1. The molecule has 8 nitrogen and oxygen atoms in total. The molecule has 0 aliphatic heterocycles. The molecule has 5 rings (SSSR count). The minimum Gasteiger partial charge on any atom is -0.494 e. The highest BCUT2D eigenvalue weighted by molar-refractivity contribution is 7.80. The number of anilines is 2. The van der Waals surface area contributed by atoms with Gasteiger partial charge in [0.1, 0.15) is 16.9 Å². The zero-order chi connectivity index (χ0) is 25.2. The second-order valence-corrected chi connectivity index (χ2v) is 8.39. The van der Waals surface area contributed by atoms with E-state index in [0.717, 1.165) is 16.3 Å². The Labute approximate surface area is 211 Å². The lowest BCUT2D eigenvalue weighted by Crippen LogP contribution is -2.34. The van der Waals surface area contributed by atoms with Gasteiger partial charge in [-0.15, -0.1) is 0 Å². The summed E-state index contributed by atoms with van der Waals surface area (Å²) >= 11 is 5.31. The Morgan fingerprint density at radius 1 is 0.861 bits per heavy atom. The average molecular weight is 500 g/mol. The van der Waals surface area contributed by atoms with Crippen LogP contribution in [0.3, 0.4) is 0 Å². The smallest absolute Gasteiger partial charge is 0.293 e. The Balaban J connectivity index is 1.26. The fourth-order valence-electron chi connectivity index (χ4n) is 3.86. The average Bonchev–Trinajstić information content (AvgIpc) is 3.46. The SMILES string of the molecule is COc1cc(NC(=S)NC(=O)c2oc3ccccc3c2C)ccc1NC(=O)c1cc2ccccc2o1. The van der Waals surface area contributed by atoms with Crippen LogP contribution in [0.15, 0.2) is 81.6 Å². The molecule has 5 aromatic rings. The van der Waals surface area contributed by atoms with Gasteiger partial charge in [0, 0.05) is 28.1 Å². The quantitative estimate of drug-likeness (QED) is 0.260. The van der Waals surface area contributed by atoms with Gasteiger partial charge in [-0.2, -0.15) is 0 Å². The van der Waals surface area contributed by atoms with Crippen LogP contribution >= 0.6 is 12.2 Å². The van der Waals surface area contributed by atoms with Crippen molar-refractivity contribution in [3.8, 4) is 5.75 Å². The number of hydrogen-bond acceptors (Lipinski definition) is 6. The zero-order valence-electron chi connectivity index (χ0n) is 19.4. The van der Waals surface area contributed by atoms with E-state index in [4.69, 9.17) is 25.8 Å². The first-order valence-corrected chi connectivity index (χ1v) is 11.4. The van der Waals surface area contributed by atoms with Gasteiger partial charge in [0.2, 0.25) is 0 Å². The third-order valence-corrected chi connectivity index (χ3v) is 5.84. The van der Waals surface area contributed by atoms with Crippen LogP contribution in [0, 0.1) is 6.92 Å². The molecule has 0 unspecified atom stereocenters. The number of aryl methyl sites for hydroxylation is 1. The van der Waals surface area contributed by atoms with Crippen LogP contribution in [-0.4, -0.2) is 24.0 Å². The summed E-state index contributed by atoms with van der Waals surface area (Å²) in [5.74, 6) is -0.0874. The summed E-state index contributed by atoms with van der Waals surface area (Å²) in [6, 6.07) is 21.5. The molecule has 0 radical (unpaired) electrons. The standard InChI is InChI=1S/C27H21N3O5S/c1-15-18-8-4-6-10-21(18)35-24(15)26(32)30-27(36)28-17-11-12-19(22(14-17)33-2)29-25(31)23-13-16-7-3-5-9-20(16)34-23/h3-14H,1-2H3,(H,29,31)(H2,28,30,32,36). The van der Waals surface area contributed by atoms with Crippen molar-refractivity contribution in [1.29, 1.82) is 0 Å². The van der Waals surface area contributed by atoms with Crippen molar-refractivity contribution < 1.29 is 23.2 Å². The van der Waals surface area contributed by atoms with E-state index in [9.17, 15) is 9.59 Å². The number of furan rings is 2. The second-order valence-electron chi connectivity index (χ2n) is 7.98. The Morgan fingerprint density at radius 2 is 1.61 bits per heavy atom. The topological polar surface area (TPSA) is 106 Å². The summed E-state index contributed by atoms with van der Waals surface area (Å²) in [6.45, 7) is 1.82. The van der Waals surface area contributed by atoms with E-state index in [0.29, 0.717) is 28.3 Å². The minimum atomic E-state index is -0.456. The fourth-order valence-corrected chi connectivity index (χ4v) is 4.07. The van der Waals surface area contributed by atoms with Crippen LogP contribution in [-0.2, 0) is 0 Å². The number of hydrogen-bond donors (Lipinski definition) is 3. The van der Waals surface area contributed by atoms with Crippen molar-refractivity contribution in [1.82, 2.24) is 5.32 Å². The van der Waals surface area contributed by atoms with Crippen LogP contribution in [0.5, 0.6) is 5.75 Å². The van der Waals surface area contributed by atoms with Crippen LogP contribution in [0.2, 0.25) is 0 Å². The van der Waals surface area contributed by atoms with Gasteiger partial charge in [-0.25, -0.2) is 0 Å². The van der Waals surface area contributed by atoms with E-state index in [-0.39, 0.29) is 16.6 Å². The van der Waals surface area contributed by atoms with E-state index < -0.39 is 11.8 Å². The minimum absolute atomic E-state index is 0.0842. The molecule has 3 aromatic carbocycles. The molecule has 0 spiro atoms. The number of fused-ring (bicyclic) bond motifs is 2. The molecular formula is C27H21N3O5S. The number of benzene rings is 3. The number of thiocarbonyl (C=S) groups is 1. The van der Waals surface area contributed by atoms with E-state index in [1.54, 1.807) is 36.4 Å². The number of carbonyl (C=O) groups is 2. The third kappa shape index (κ3) is 4.51. The predicted octanol–water partition coefficient (Wildman–Crippen LogP) is 5.88. The van der Waals surface area contributed by atoms with Gasteiger partial charge in [-0.3, -0.25) is 14.9 Å². The van der Waals surface area contributed by atoms with Gasteiger partial charge >= 0.3 is 0 Å². The molecule has 0 aliphatic carbocycles. The van der Waals surface area contributed by atoms with Gasteiger partial charge in [-0.05, 0) is 49.5 Å². The monoisotopic (exact) mass is 499 g/mol. The molecule has 2 amide bonds. The Morgan fingerprint density at radius 3 is 2.36 bits per heavy atom. The van der Waals surface area contributed by atoms with Gasteiger partial charge in [0.25, 0.3) is 11.8 Å². The Bertz CT molecular complexity index is 1600. The highest BCUT2D eigenvalue weighted by atomic mass is 32.1. The van der Waals surface area contributed by atoms with Crippen molar-refractivity contribution in [3.63, 3.8) is 0 Å². The number of ether oxygens (including phenoxy) is 1. The van der Waals surface area contributed by atoms with Gasteiger partial charge < -0.3 is 24.2 Å². The van der Waals surface area contributed by atoms with Crippen molar-refractivity contribution >= 4 is 62.5 Å². The molecule has 0 atom stereocenters. The first-order valence-electron chi connectivity index (χ1n) is 11.0. The van der Waals surface area contributed by atoms with Crippen molar-refractivity contribution in [2.24, 2.45) is 0 Å². The maximum atomic E-state index is 12.7. The predicted molar refractivity (Wildman–Crippen MR) is 142 cm³/mol. The van der Waals surface area contributed by atoms with E-state index >= 15 is 0 Å². The first-order chi connectivity index (χ1) is 17.4. The van der Waals surface area contributed by atoms with Crippen molar-refractivity contribution in [2.75, 3.05) is 17.7 Å². The van der Waals surface area contributed by atoms with Crippen LogP contribution in [0.1, 0.15) is 26.7 Å². The number of rotatable bonds is 5. The number of para-hydroxylation sites is 2. The fraction of sp³-hybridized carbons (Fsp3) is 0.0741. The largest absolute Gasteiger partial charge is 0.494 e. The normalized spacial score (nSPS) is 10.8. The number of carbonyl (C=O) groups excluding carboxylic acids is 2. The van der Waals surface area contributed by atoms with Crippen LogP contribution in [0.4, 0.5) is 11.4 Å². The van der Waals surface area contributed by atoms with Gasteiger partial charge in [0.15, 0.2) is 16.6 Å². The van der Waals surface area contributed by atoms with Crippen LogP contribution in [0.25, 0.3) is 21.9 Å². The molecule has 2 aromatic heterocycles. The second kappa shape index (κ2) is 9.55. The van der Waals surface area contributed by atoms with Crippen molar-refractivity contribution in [2.45, 2.75) is 6.92 Å². The van der Waals surface area contributed by atoms with Crippen LogP contribution < -0.4 is 20.7 Å². The van der Waals surface area contributed by atoms with E-state index in [1.165, 1.54) is 7.11 Å². The molecular weight excluding hydrogens is 478 g/mol. The number of methoxy groups -OCH3 is 1. The summed E-state index contributed by atoms with van der Waals surface area (Å²) in [7, 11) is 1.49. The molecule has 3 N–H and O–H groups in total. The molecule has 2 heterocycles. The van der Waals surface area contributed by atoms with Crippen molar-refractivity contribution in [3.05, 3.63) is 89.9 Å². The number of nitrogens with one attached hydrogen (secondary N) is 3. The molecule has 9 heteroatoms. The number of amides is 2. The maximum Gasteiger partial charge on any atom is 0.293 e. The van der Waals surface area contributed by atoms with Gasteiger partial charge in [-0.1, -0.05) is 36.4 Å². The molecule has 0 fully saturated rings. The molecule has 180 valence electrons. The summed E-state index contributed by atoms with van der Waals surface area (Å²) in [5.41, 5.74) is 2.99. The Kier molecular flexibility index (Phi) is 6.14. The summed E-state index contributed by atoms with van der Waals surface area (Å²) < 4.78 is 16.7. The third-order valence-electron chi connectivity index (χ3n) is 5.63. The molecule has 36 heavy (non-hydrogen) atoms. The highest BCUT2D eigenvalue weighted by Gasteiger charge is 2.19. The molecule has 0 saturated carbocycles.